The zero-order chi connectivity index (χ0) is 69.5. The molecule has 106 heavy (non-hydrogen) atoms. The van der Waals surface area contributed by atoms with Gasteiger partial charge in [0.05, 0.1) is 66.6 Å². The van der Waals surface area contributed by atoms with Crippen LogP contribution in [0, 0.1) is 11.8 Å². The van der Waals surface area contributed by atoms with E-state index < -0.39 is 0 Å². The molecule has 0 fully saturated rings. The van der Waals surface area contributed by atoms with Gasteiger partial charge in [-0.25, -0.2) is 19.9 Å². The number of aromatic nitrogens is 8. The summed E-state index contributed by atoms with van der Waals surface area (Å²) in [5.74, 6) is 0.386. The number of pyridine rings is 8. The van der Waals surface area contributed by atoms with Gasteiger partial charge in [0.2, 0.25) is 0 Å². The molecule has 8 heterocycles. The Labute approximate surface area is 608 Å². The number of fused-ring (bicyclic) bond motifs is 17. The normalized spacial score (nSPS) is 15.3. The molecule has 0 saturated carbocycles. The molecule has 0 saturated heterocycles. The van der Waals surface area contributed by atoms with Crippen molar-refractivity contribution in [1.29, 1.82) is 0 Å². The summed E-state index contributed by atoms with van der Waals surface area (Å²) < 4.78 is 0. The quantitative estimate of drug-likeness (QED) is 0.120. The predicted octanol–water partition coefficient (Wildman–Crippen LogP) is 24.1. The maximum Gasteiger partial charge on any atom is 0.0978 e. The first-order valence-corrected chi connectivity index (χ1v) is 36.1. The second-order valence-electron chi connectivity index (χ2n) is 28.0. The molecule has 2 atom stereocenters. The average Bonchev–Trinajstić information content (AvgIpc) is 0.729. The van der Waals surface area contributed by atoms with Crippen molar-refractivity contribution in [2.75, 3.05) is 0 Å². The number of hydrogen-bond acceptors (Lipinski definition) is 8. The van der Waals surface area contributed by atoms with Crippen LogP contribution in [0.5, 0.6) is 0 Å². The van der Waals surface area contributed by atoms with E-state index in [1.54, 1.807) is 0 Å². The fourth-order valence-electron chi connectivity index (χ4n) is 17.4. The molecule has 8 heteroatoms. The molecule has 8 nitrogen and oxygen atoms in total. The first kappa shape index (κ1) is 59.6. The minimum Gasteiger partial charge on any atom is -0.254 e. The first-order chi connectivity index (χ1) is 52.5. The Kier molecular flexibility index (Phi) is 13.4. The van der Waals surface area contributed by atoms with E-state index in [0.29, 0.717) is 0 Å². The van der Waals surface area contributed by atoms with Crippen molar-refractivity contribution in [1.82, 2.24) is 39.9 Å². The number of rotatable bonds is 6. The summed E-state index contributed by atoms with van der Waals surface area (Å²) in [6.07, 6.45) is 25.9. The molecule has 0 N–H and O–H groups in total. The van der Waals surface area contributed by atoms with E-state index in [0.717, 1.165) is 137 Å². The Morgan fingerprint density at radius 2 is 0.745 bits per heavy atom. The van der Waals surface area contributed by atoms with E-state index >= 15 is 0 Å². The van der Waals surface area contributed by atoms with Gasteiger partial charge in [-0.05, 0) is 150 Å². The minimum absolute atomic E-state index is 0.188. The summed E-state index contributed by atoms with van der Waals surface area (Å²) in [6.45, 7) is 0. The molecule has 23 rings (SSSR count). The Hall–Kier alpha value is -14.1. The number of para-hydroxylation sites is 2. The van der Waals surface area contributed by atoms with Crippen LogP contribution < -0.4 is 0 Å². The van der Waals surface area contributed by atoms with Gasteiger partial charge in [-0.15, -0.1) is 0 Å². The summed E-state index contributed by atoms with van der Waals surface area (Å²) in [5.41, 5.74) is 28.3. The minimum atomic E-state index is 0.188. The lowest BCUT2D eigenvalue weighted by molar-refractivity contribution is 0.569. The molecule has 0 radical (unpaired) electrons. The van der Waals surface area contributed by atoms with Gasteiger partial charge in [0.25, 0.3) is 0 Å². The van der Waals surface area contributed by atoms with Crippen molar-refractivity contribution < 1.29 is 0 Å². The molecular formula is C98H58N8. The van der Waals surface area contributed by atoms with Gasteiger partial charge in [0, 0.05) is 113 Å². The number of hydrogen-bond donors (Lipinski definition) is 0. The molecule has 490 valence electrons. The van der Waals surface area contributed by atoms with Crippen LogP contribution in [0.2, 0.25) is 0 Å². The molecule has 2 unspecified atom stereocenters. The van der Waals surface area contributed by atoms with E-state index in [1.165, 1.54) is 82.8 Å². The van der Waals surface area contributed by atoms with Gasteiger partial charge in [-0.3, -0.25) is 19.9 Å². The van der Waals surface area contributed by atoms with Crippen LogP contribution in [0.4, 0.5) is 0 Å². The van der Waals surface area contributed by atoms with Crippen molar-refractivity contribution in [3.63, 3.8) is 0 Å². The fraction of sp³-hybridized carbons (Fsp3) is 0.0204. The SMILES string of the molecule is C1=CC2=C(c3ccc4ccc5c(-c6ccccc6)c6ccccc6nc5c4n3)C=CC3=CC=C4C(c5cc6cccnc6c6ncccc56)=CC=C1C4C32.c1ccc(-c2c3ccccc3nc3c2ccc2ccc(-c4ccc5ccc6cc(-c7cc8cccnc8c8ncccc78)ccc6c5c4)nc23)cc1. The molecule has 0 bridgehead atoms. The van der Waals surface area contributed by atoms with Crippen LogP contribution in [0.15, 0.2) is 363 Å². The third-order valence-electron chi connectivity index (χ3n) is 22.2. The zero-order valence-electron chi connectivity index (χ0n) is 57.1. The highest BCUT2D eigenvalue weighted by molar-refractivity contribution is 6.19. The lowest BCUT2D eigenvalue weighted by atomic mass is 9.61. The standard InChI is InChI=1S/C50H30N4.C48H28N4/c1-2-8-29(9-3-1)44-39-11-4-5-13-42(39)54-50-40(44)24-18-32-19-25-43(53-48(32)50)35-21-15-31-16-22-36-34(20-14-30-17-23-37(35)46(31)45(30)36)41-28-33-10-6-26-51-47(33)49-38(41)12-7-27-52-49;1-2-8-30(9-3-1)44-38-11-4-5-13-43(38)52-48-39(44)22-18-31-20-23-42(51-46(31)48)34-17-15-29-14-16-32-26-33(19-21-36(32)40(29)27-34)41-28-35-10-6-24-49-45(35)47-37(41)12-7-25-50-47/h1-28,45-46H;1-28H. The van der Waals surface area contributed by atoms with Gasteiger partial charge in [-0.1, -0.05) is 243 Å². The molecular weight excluding hydrogens is 1290 g/mol. The largest absolute Gasteiger partial charge is 0.254 e. The predicted molar refractivity (Wildman–Crippen MR) is 438 cm³/mol. The highest BCUT2D eigenvalue weighted by Crippen LogP contribution is 2.55. The summed E-state index contributed by atoms with van der Waals surface area (Å²) in [7, 11) is 0. The first-order valence-electron chi connectivity index (χ1n) is 36.1. The van der Waals surface area contributed by atoms with E-state index in [4.69, 9.17) is 34.9 Å². The zero-order valence-corrected chi connectivity index (χ0v) is 57.1. The second-order valence-corrected chi connectivity index (χ2v) is 28.0. The number of allylic oxidation sites excluding steroid dienone is 14. The van der Waals surface area contributed by atoms with Gasteiger partial charge in [0.15, 0.2) is 0 Å². The second kappa shape index (κ2) is 23.8. The smallest absolute Gasteiger partial charge is 0.0978 e. The van der Waals surface area contributed by atoms with Crippen LogP contribution in [0.1, 0.15) is 11.3 Å². The number of nitrogens with zero attached hydrogens (tertiary/aromatic N) is 8. The third kappa shape index (κ3) is 9.41. The van der Waals surface area contributed by atoms with Crippen LogP contribution in [0.3, 0.4) is 0 Å². The molecule has 8 aromatic heterocycles. The molecule has 11 aromatic carbocycles. The van der Waals surface area contributed by atoms with Crippen LogP contribution in [-0.2, 0) is 0 Å². The van der Waals surface area contributed by atoms with E-state index in [9.17, 15) is 0 Å². The summed E-state index contributed by atoms with van der Waals surface area (Å²) in [4.78, 5) is 40.2. The summed E-state index contributed by atoms with van der Waals surface area (Å²) in [6, 6.07) is 94.6. The average molecular weight is 1350 g/mol. The molecule has 0 spiro atoms. The van der Waals surface area contributed by atoms with E-state index in [2.05, 4.69) is 296 Å². The van der Waals surface area contributed by atoms with Crippen molar-refractivity contribution in [2.24, 2.45) is 11.8 Å². The maximum absolute atomic E-state index is 5.47. The fourth-order valence-corrected chi connectivity index (χ4v) is 17.4. The highest BCUT2D eigenvalue weighted by atomic mass is 14.8. The van der Waals surface area contributed by atoms with Crippen LogP contribution in [0.25, 0.3) is 186 Å². The van der Waals surface area contributed by atoms with Crippen LogP contribution >= 0.6 is 0 Å². The topological polar surface area (TPSA) is 103 Å². The summed E-state index contributed by atoms with van der Waals surface area (Å²) in [5, 5.41) is 15.9. The highest BCUT2D eigenvalue weighted by Gasteiger charge is 2.41. The van der Waals surface area contributed by atoms with Crippen molar-refractivity contribution in [2.45, 2.75) is 0 Å². The van der Waals surface area contributed by atoms with Crippen molar-refractivity contribution >= 4 is 142 Å². The monoisotopic (exact) mass is 1350 g/mol. The Balaban J connectivity index is 0.000000132. The van der Waals surface area contributed by atoms with Gasteiger partial charge in [0.1, 0.15) is 0 Å². The van der Waals surface area contributed by atoms with Gasteiger partial charge < -0.3 is 0 Å². The lowest BCUT2D eigenvalue weighted by Crippen LogP contribution is -2.30. The summed E-state index contributed by atoms with van der Waals surface area (Å²) >= 11 is 0. The molecule has 0 amide bonds. The van der Waals surface area contributed by atoms with Crippen molar-refractivity contribution in [3.8, 4) is 44.6 Å². The molecule has 19 aromatic rings. The Morgan fingerprint density at radius 3 is 1.42 bits per heavy atom. The lowest BCUT2D eigenvalue weighted by Gasteiger charge is -2.42. The maximum atomic E-state index is 5.47. The Morgan fingerprint density at radius 1 is 0.245 bits per heavy atom. The molecule has 4 aliphatic rings. The Bertz CT molecular complexity index is 7330. The van der Waals surface area contributed by atoms with Crippen molar-refractivity contribution in [3.05, 3.63) is 374 Å². The van der Waals surface area contributed by atoms with Crippen LogP contribution in [-0.4, -0.2) is 39.9 Å². The van der Waals surface area contributed by atoms with Gasteiger partial charge in [-0.2, -0.15) is 0 Å². The molecule has 0 aliphatic heterocycles. The van der Waals surface area contributed by atoms with E-state index in [1.807, 2.05) is 49.1 Å². The third-order valence-corrected chi connectivity index (χ3v) is 22.2. The molecule has 4 aliphatic carbocycles. The number of benzene rings is 11. The van der Waals surface area contributed by atoms with Gasteiger partial charge >= 0.3 is 0 Å². The van der Waals surface area contributed by atoms with E-state index in [-0.39, 0.29) is 11.8 Å².